The fourth-order valence-electron chi connectivity index (χ4n) is 2.47. The van der Waals surface area contributed by atoms with Gasteiger partial charge in [-0.05, 0) is 30.5 Å². The number of nitrogens with zero attached hydrogens (tertiary/aromatic N) is 1. The standard InChI is InChI=1S/C16H24ClN3O2.HI/c1-18-16(19-10-14-7-4-8-22-14)20-11-15(21-2)12-5-3-6-13(17)9-12;/h3,5-6,9,14-15H,4,7-8,10-11H2,1-2H3,(H2,18,19,20);1H. The van der Waals surface area contributed by atoms with Crippen LogP contribution in [0.1, 0.15) is 24.5 Å². The van der Waals surface area contributed by atoms with E-state index in [4.69, 9.17) is 21.1 Å². The molecule has 23 heavy (non-hydrogen) atoms. The number of nitrogens with one attached hydrogen (secondary N) is 2. The Bertz CT molecular complexity index is 496. The zero-order valence-electron chi connectivity index (χ0n) is 13.5. The van der Waals surface area contributed by atoms with Gasteiger partial charge in [-0.15, -0.1) is 24.0 Å². The van der Waals surface area contributed by atoms with E-state index in [-0.39, 0.29) is 36.2 Å². The number of hydrogen-bond donors (Lipinski definition) is 2. The van der Waals surface area contributed by atoms with Crippen molar-refractivity contribution in [2.24, 2.45) is 4.99 Å². The van der Waals surface area contributed by atoms with Crippen LogP contribution in [0.5, 0.6) is 0 Å². The molecule has 0 amide bonds. The van der Waals surface area contributed by atoms with Gasteiger partial charge in [-0.1, -0.05) is 23.7 Å². The smallest absolute Gasteiger partial charge is 0.191 e. The molecule has 0 aromatic heterocycles. The van der Waals surface area contributed by atoms with Gasteiger partial charge in [-0.25, -0.2) is 0 Å². The fourth-order valence-corrected chi connectivity index (χ4v) is 2.67. The molecule has 1 fully saturated rings. The molecule has 2 unspecified atom stereocenters. The van der Waals surface area contributed by atoms with Crippen LogP contribution in [0.3, 0.4) is 0 Å². The molecule has 7 heteroatoms. The lowest BCUT2D eigenvalue weighted by molar-refractivity contribution is 0.105. The summed E-state index contributed by atoms with van der Waals surface area (Å²) < 4.78 is 11.1. The zero-order valence-corrected chi connectivity index (χ0v) is 16.6. The predicted molar refractivity (Wildman–Crippen MR) is 105 cm³/mol. The minimum atomic E-state index is -0.0834. The quantitative estimate of drug-likeness (QED) is 0.395. The summed E-state index contributed by atoms with van der Waals surface area (Å²) in [5.41, 5.74) is 1.04. The van der Waals surface area contributed by atoms with Crippen molar-refractivity contribution in [1.82, 2.24) is 10.6 Å². The van der Waals surface area contributed by atoms with Crippen molar-refractivity contribution in [1.29, 1.82) is 0 Å². The van der Waals surface area contributed by atoms with Gasteiger partial charge in [0.05, 0.1) is 12.2 Å². The van der Waals surface area contributed by atoms with Crippen molar-refractivity contribution in [2.75, 3.05) is 33.9 Å². The van der Waals surface area contributed by atoms with Gasteiger partial charge in [0, 0.05) is 38.9 Å². The Morgan fingerprint density at radius 2 is 2.30 bits per heavy atom. The molecule has 2 rings (SSSR count). The molecule has 2 N–H and O–H groups in total. The summed E-state index contributed by atoms with van der Waals surface area (Å²) >= 11 is 6.03. The minimum absolute atomic E-state index is 0. The Labute approximate surface area is 160 Å². The van der Waals surface area contributed by atoms with E-state index in [1.807, 2.05) is 24.3 Å². The van der Waals surface area contributed by atoms with E-state index in [2.05, 4.69) is 15.6 Å². The van der Waals surface area contributed by atoms with Crippen LogP contribution in [0, 0.1) is 0 Å². The second-order valence-electron chi connectivity index (χ2n) is 5.25. The Balaban J connectivity index is 0.00000264. The van der Waals surface area contributed by atoms with Crippen LogP contribution in [0.15, 0.2) is 29.3 Å². The molecular formula is C16H25ClIN3O2. The average molecular weight is 454 g/mol. The molecule has 1 heterocycles. The van der Waals surface area contributed by atoms with Crippen LogP contribution >= 0.6 is 35.6 Å². The maximum atomic E-state index is 6.03. The number of ether oxygens (including phenoxy) is 2. The van der Waals surface area contributed by atoms with Gasteiger partial charge in [0.1, 0.15) is 0 Å². The predicted octanol–water partition coefficient (Wildman–Crippen LogP) is 2.99. The van der Waals surface area contributed by atoms with Crippen molar-refractivity contribution in [3.05, 3.63) is 34.9 Å². The van der Waals surface area contributed by atoms with E-state index >= 15 is 0 Å². The molecule has 1 aliphatic heterocycles. The van der Waals surface area contributed by atoms with E-state index in [0.29, 0.717) is 11.6 Å². The van der Waals surface area contributed by atoms with Crippen molar-refractivity contribution in [2.45, 2.75) is 25.0 Å². The molecule has 5 nitrogen and oxygen atoms in total. The summed E-state index contributed by atoms with van der Waals surface area (Å²) in [5.74, 6) is 0.750. The van der Waals surface area contributed by atoms with Gasteiger partial charge in [-0.3, -0.25) is 4.99 Å². The van der Waals surface area contributed by atoms with Crippen molar-refractivity contribution in [3.63, 3.8) is 0 Å². The van der Waals surface area contributed by atoms with Gasteiger partial charge in [-0.2, -0.15) is 0 Å². The highest BCUT2D eigenvalue weighted by molar-refractivity contribution is 14.0. The summed E-state index contributed by atoms with van der Waals surface area (Å²) in [5, 5.41) is 7.27. The number of guanidine groups is 1. The molecule has 130 valence electrons. The number of halogens is 2. The van der Waals surface area contributed by atoms with E-state index in [1.165, 1.54) is 0 Å². The Morgan fingerprint density at radius 3 is 2.91 bits per heavy atom. The van der Waals surface area contributed by atoms with Crippen molar-refractivity contribution in [3.8, 4) is 0 Å². The summed E-state index contributed by atoms with van der Waals surface area (Å²) in [6.07, 6.45) is 2.44. The lowest BCUT2D eigenvalue weighted by Crippen LogP contribution is -2.42. The van der Waals surface area contributed by atoms with E-state index in [1.54, 1.807) is 14.2 Å². The first-order valence-corrected chi connectivity index (χ1v) is 7.95. The van der Waals surface area contributed by atoms with Crippen LogP contribution < -0.4 is 10.6 Å². The third-order valence-electron chi connectivity index (χ3n) is 3.70. The number of benzene rings is 1. The van der Waals surface area contributed by atoms with Gasteiger partial charge in [0.25, 0.3) is 0 Å². The van der Waals surface area contributed by atoms with Crippen LogP contribution in [-0.2, 0) is 9.47 Å². The molecule has 1 saturated heterocycles. The second kappa shape index (κ2) is 11.1. The lowest BCUT2D eigenvalue weighted by Gasteiger charge is -2.20. The van der Waals surface area contributed by atoms with E-state index in [0.717, 1.165) is 37.5 Å². The van der Waals surface area contributed by atoms with Gasteiger partial charge >= 0.3 is 0 Å². The van der Waals surface area contributed by atoms with Gasteiger partial charge in [0.15, 0.2) is 5.96 Å². The first kappa shape index (κ1) is 20.5. The molecule has 0 saturated carbocycles. The maximum absolute atomic E-state index is 6.03. The molecule has 1 aliphatic rings. The Morgan fingerprint density at radius 1 is 1.48 bits per heavy atom. The topological polar surface area (TPSA) is 54.9 Å². The molecule has 0 aliphatic carbocycles. The monoisotopic (exact) mass is 453 g/mol. The molecular weight excluding hydrogens is 429 g/mol. The van der Waals surface area contributed by atoms with Gasteiger partial charge in [0.2, 0.25) is 0 Å². The third-order valence-corrected chi connectivity index (χ3v) is 3.94. The van der Waals surface area contributed by atoms with E-state index < -0.39 is 0 Å². The molecule has 1 aromatic rings. The number of rotatable bonds is 6. The summed E-state index contributed by atoms with van der Waals surface area (Å²) in [4.78, 5) is 4.22. The first-order valence-electron chi connectivity index (χ1n) is 7.57. The second-order valence-corrected chi connectivity index (χ2v) is 5.68. The zero-order chi connectivity index (χ0) is 15.8. The highest BCUT2D eigenvalue weighted by Crippen LogP contribution is 2.19. The highest BCUT2D eigenvalue weighted by atomic mass is 127. The van der Waals surface area contributed by atoms with E-state index in [9.17, 15) is 0 Å². The number of hydrogen-bond acceptors (Lipinski definition) is 3. The van der Waals surface area contributed by atoms with Crippen molar-refractivity contribution < 1.29 is 9.47 Å². The summed E-state index contributed by atoms with van der Waals surface area (Å²) in [6.45, 7) is 2.25. The average Bonchev–Trinajstić information content (AvgIpc) is 3.04. The summed E-state index contributed by atoms with van der Waals surface area (Å²) in [7, 11) is 3.45. The SMILES string of the molecule is CN=C(NCC1CCCO1)NCC(OC)c1cccc(Cl)c1.I. The summed E-state index contributed by atoms with van der Waals surface area (Å²) in [6, 6.07) is 7.70. The lowest BCUT2D eigenvalue weighted by atomic mass is 10.1. The maximum Gasteiger partial charge on any atom is 0.191 e. The van der Waals surface area contributed by atoms with Crippen LogP contribution in [-0.4, -0.2) is 45.9 Å². The molecule has 0 spiro atoms. The van der Waals surface area contributed by atoms with Crippen LogP contribution in [0.2, 0.25) is 5.02 Å². The third kappa shape index (κ3) is 6.82. The fraction of sp³-hybridized carbons (Fsp3) is 0.562. The Hall–Kier alpha value is -0.570. The van der Waals surface area contributed by atoms with Crippen LogP contribution in [0.4, 0.5) is 0 Å². The minimum Gasteiger partial charge on any atom is -0.376 e. The number of aliphatic imine (C=N–C) groups is 1. The number of methoxy groups -OCH3 is 1. The highest BCUT2D eigenvalue weighted by Gasteiger charge is 2.16. The van der Waals surface area contributed by atoms with Crippen molar-refractivity contribution >= 4 is 41.5 Å². The normalized spacial score (nSPS) is 19.1. The van der Waals surface area contributed by atoms with Crippen LogP contribution in [0.25, 0.3) is 0 Å². The molecule has 0 bridgehead atoms. The van der Waals surface area contributed by atoms with Gasteiger partial charge < -0.3 is 20.1 Å². The molecule has 2 atom stereocenters. The first-order chi connectivity index (χ1) is 10.7. The Kier molecular flexibility index (Phi) is 9.85. The molecule has 1 aromatic carbocycles. The largest absolute Gasteiger partial charge is 0.376 e. The molecule has 0 radical (unpaired) electrons.